The summed E-state index contributed by atoms with van der Waals surface area (Å²) >= 11 is 0. The third kappa shape index (κ3) is 3.22. The van der Waals surface area contributed by atoms with Gasteiger partial charge in [0.25, 0.3) is 0 Å². The Morgan fingerprint density at radius 1 is 0.963 bits per heavy atom. The lowest BCUT2D eigenvalue weighted by Crippen LogP contribution is -1.97. The average molecular weight is 350 g/mol. The van der Waals surface area contributed by atoms with Gasteiger partial charge in [-0.1, -0.05) is 72.8 Å². The van der Waals surface area contributed by atoms with Crippen LogP contribution in [-0.4, -0.2) is 9.55 Å². The average Bonchev–Trinajstić information content (AvgIpc) is 3.07. The van der Waals surface area contributed by atoms with Crippen molar-refractivity contribution in [3.63, 3.8) is 0 Å². The summed E-state index contributed by atoms with van der Waals surface area (Å²) in [4.78, 5) is 4.91. The zero-order valence-electron chi connectivity index (χ0n) is 15.7. The molecule has 27 heavy (non-hydrogen) atoms. The number of benzene rings is 3. The van der Waals surface area contributed by atoms with E-state index in [9.17, 15) is 0 Å². The molecule has 4 rings (SSSR count). The van der Waals surface area contributed by atoms with Crippen LogP contribution in [0.3, 0.4) is 0 Å². The Hall–Kier alpha value is -3.39. The van der Waals surface area contributed by atoms with Crippen molar-refractivity contribution in [3.8, 4) is 11.4 Å². The molecule has 0 aliphatic carbocycles. The number of hydrogen-bond acceptors (Lipinski definition) is 1. The highest BCUT2D eigenvalue weighted by Crippen LogP contribution is 2.30. The Morgan fingerprint density at radius 3 is 2.59 bits per heavy atom. The van der Waals surface area contributed by atoms with Crippen LogP contribution in [-0.2, 0) is 0 Å². The van der Waals surface area contributed by atoms with E-state index >= 15 is 0 Å². The number of aromatic nitrogens is 2. The van der Waals surface area contributed by atoms with Crippen LogP contribution in [0.1, 0.15) is 12.5 Å². The Morgan fingerprint density at radius 2 is 1.74 bits per heavy atom. The summed E-state index contributed by atoms with van der Waals surface area (Å²) in [5, 5.41) is 2.46. The first-order valence-corrected chi connectivity index (χ1v) is 9.14. The van der Waals surface area contributed by atoms with Crippen molar-refractivity contribution in [1.29, 1.82) is 0 Å². The van der Waals surface area contributed by atoms with Gasteiger partial charge in [-0.15, -0.1) is 0 Å². The molecule has 0 N–H and O–H groups in total. The van der Waals surface area contributed by atoms with Gasteiger partial charge in [-0.05, 0) is 48.9 Å². The van der Waals surface area contributed by atoms with Gasteiger partial charge in [-0.2, -0.15) is 0 Å². The summed E-state index contributed by atoms with van der Waals surface area (Å²) in [6, 6.07) is 21.2. The topological polar surface area (TPSA) is 17.8 Å². The third-order valence-electron chi connectivity index (χ3n) is 4.69. The van der Waals surface area contributed by atoms with Crippen LogP contribution in [0.4, 0.5) is 0 Å². The van der Waals surface area contributed by atoms with Gasteiger partial charge >= 0.3 is 0 Å². The van der Waals surface area contributed by atoms with E-state index in [-0.39, 0.29) is 0 Å². The van der Waals surface area contributed by atoms with E-state index < -0.39 is 0 Å². The summed E-state index contributed by atoms with van der Waals surface area (Å²) < 4.78 is 2.13. The van der Waals surface area contributed by atoms with E-state index in [1.54, 1.807) is 0 Å². The number of allylic oxidation sites excluding steroid dienone is 5. The van der Waals surface area contributed by atoms with Gasteiger partial charge in [0.05, 0.1) is 11.0 Å². The first-order valence-electron chi connectivity index (χ1n) is 9.14. The second-order valence-corrected chi connectivity index (χ2v) is 6.70. The lowest BCUT2D eigenvalue weighted by atomic mass is 10.0. The first-order chi connectivity index (χ1) is 13.2. The number of rotatable bonds is 4. The molecule has 1 heterocycles. The number of nitrogens with zero attached hydrogens (tertiary/aromatic N) is 2. The Bertz CT molecular complexity index is 1210. The highest BCUT2D eigenvalue weighted by molar-refractivity contribution is 5.90. The molecule has 0 aliphatic heterocycles. The van der Waals surface area contributed by atoms with Crippen LogP contribution in [0.5, 0.6) is 0 Å². The molecule has 0 radical (unpaired) electrons. The van der Waals surface area contributed by atoms with E-state index in [4.69, 9.17) is 4.98 Å². The predicted molar refractivity (Wildman–Crippen MR) is 117 cm³/mol. The summed E-state index contributed by atoms with van der Waals surface area (Å²) in [7, 11) is 0. The van der Waals surface area contributed by atoms with Crippen molar-refractivity contribution in [2.75, 3.05) is 0 Å². The smallest absolute Gasteiger partial charge is 0.145 e. The van der Waals surface area contributed by atoms with Crippen LogP contribution in [0.15, 0.2) is 91.5 Å². The molecule has 0 aliphatic rings. The van der Waals surface area contributed by atoms with Gasteiger partial charge in [0.15, 0.2) is 0 Å². The van der Waals surface area contributed by atoms with E-state index in [0.29, 0.717) is 0 Å². The molecule has 2 nitrogen and oxygen atoms in total. The number of imidazole rings is 1. The summed E-state index contributed by atoms with van der Waals surface area (Å²) in [6.07, 6.45) is 8.02. The zero-order chi connectivity index (χ0) is 18.8. The monoisotopic (exact) mass is 350 g/mol. The fourth-order valence-electron chi connectivity index (χ4n) is 3.37. The van der Waals surface area contributed by atoms with Crippen LogP contribution in [0.25, 0.3) is 38.9 Å². The molecule has 0 saturated heterocycles. The maximum Gasteiger partial charge on any atom is 0.145 e. The molecule has 0 fully saturated rings. The number of fused-ring (bicyclic) bond motifs is 2. The molecule has 0 bridgehead atoms. The van der Waals surface area contributed by atoms with Crippen LogP contribution < -0.4 is 0 Å². The Kier molecular flexibility index (Phi) is 4.47. The molecule has 1 aromatic heterocycles. The molecular weight excluding hydrogens is 328 g/mol. The number of hydrogen-bond donors (Lipinski definition) is 0. The minimum atomic E-state index is 0.890. The molecule has 132 valence electrons. The standard InChI is InChI=1S/C25H22N2/c1-4-5-6-9-19(3)27-24-11-8-7-10-23(24)26-25(27)22-15-14-20-16-18(2)12-13-21(20)17-22/h4-17H,3H2,1-2H3/b5-4-,9-6-. The fourth-order valence-corrected chi connectivity index (χ4v) is 3.37. The zero-order valence-corrected chi connectivity index (χ0v) is 15.7. The van der Waals surface area contributed by atoms with Gasteiger partial charge in [0.2, 0.25) is 0 Å². The maximum absolute atomic E-state index is 4.91. The molecule has 0 amide bonds. The largest absolute Gasteiger partial charge is 0.293 e. The SMILES string of the molecule is C=C(/C=C\C=C/C)n1c(-c2ccc3cc(C)ccc3c2)nc2ccccc21. The van der Waals surface area contributed by atoms with Crippen molar-refractivity contribution < 1.29 is 0 Å². The predicted octanol–water partition coefficient (Wildman–Crippen LogP) is 6.77. The molecule has 2 heteroatoms. The quantitative estimate of drug-likeness (QED) is 0.371. The van der Waals surface area contributed by atoms with Crippen LogP contribution in [0.2, 0.25) is 0 Å². The van der Waals surface area contributed by atoms with Gasteiger partial charge < -0.3 is 0 Å². The van der Waals surface area contributed by atoms with Crippen molar-refractivity contribution in [2.24, 2.45) is 0 Å². The molecule has 0 unspecified atom stereocenters. The van der Waals surface area contributed by atoms with Crippen molar-refractivity contribution in [2.45, 2.75) is 13.8 Å². The van der Waals surface area contributed by atoms with E-state index in [2.05, 4.69) is 60.5 Å². The molecular formula is C25H22N2. The van der Waals surface area contributed by atoms with Crippen molar-refractivity contribution >= 4 is 27.5 Å². The maximum atomic E-state index is 4.91. The highest BCUT2D eigenvalue weighted by atomic mass is 15.1. The van der Waals surface area contributed by atoms with Crippen molar-refractivity contribution in [3.05, 3.63) is 97.1 Å². The minimum absolute atomic E-state index is 0.890. The molecule has 0 saturated carbocycles. The third-order valence-corrected chi connectivity index (χ3v) is 4.69. The van der Waals surface area contributed by atoms with E-state index in [1.165, 1.54) is 16.3 Å². The van der Waals surface area contributed by atoms with Gasteiger partial charge in [-0.25, -0.2) is 4.98 Å². The molecule has 4 aromatic rings. The van der Waals surface area contributed by atoms with E-state index in [0.717, 1.165) is 28.1 Å². The van der Waals surface area contributed by atoms with Gasteiger partial charge in [0.1, 0.15) is 5.82 Å². The summed E-state index contributed by atoms with van der Waals surface area (Å²) in [6.45, 7) is 8.40. The molecule has 3 aromatic carbocycles. The number of aryl methyl sites for hydroxylation is 1. The van der Waals surface area contributed by atoms with Gasteiger partial charge in [0, 0.05) is 11.3 Å². The summed E-state index contributed by atoms with van der Waals surface area (Å²) in [5.74, 6) is 0.911. The second kappa shape index (κ2) is 7.08. The van der Waals surface area contributed by atoms with Gasteiger partial charge in [-0.3, -0.25) is 4.57 Å². The fraction of sp³-hybridized carbons (Fsp3) is 0.0800. The normalized spacial score (nSPS) is 11.9. The first kappa shape index (κ1) is 17.0. The summed E-state index contributed by atoms with van der Waals surface area (Å²) in [5.41, 5.74) is 5.28. The lowest BCUT2D eigenvalue weighted by Gasteiger charge is -2.10. The molecule has 0 spiro atoms. The van der Waals surface area contributed by atoms with Crippen molar-refractivity contribution in [1.82, 2.24) is 9.55 Å². The Balaban J connectivity index is 1.92. The van der Waals surface area contributed by atoms with Crippen LogP contribution in [0, 0.1) is 6.92 Å². The molecule has 0 atom stereocenters. The highest BCUT2D eigenvalue weighted by Gasteiger charge is 2.14. The second-order valence-electron chi connectivity index (χ2n) is 6.70. The Labute approximate surface area is 159 Å². The minimum Gasteiger partial charge on any atom is -0.293 e. The van der Waals surface area contributed by atoms with E-state index in [1.807, 2.05) is 49.4 Å². The lowest BCUT2D eigenvalue weighted by molar-refractivity contribution is 1.15. The van der Waals surface area contributed by atoms with Crippen LogP contribution >= 0.6 is 0 Å². The number of para-hydroxylation sites is 2.